The van der Waals surface area contributed by atoms with E-state index in [-0.39, 0.29) is 5.76 Å². The van der Waals surface area contributed by atoms with E-state index in [0.29, 0.717) is 5.71 Å². The van der Waals surface area contributed by atoms with Crippen LogP contribution in [0.3, 0.4) is 0 Å². The third kappa shape index (κ3) is 1.56. The van der Waals surface area contributed by atoms with Crippen molar-refractivity contribution in [2.24, 2.45) is 0 Å². The molecule has 0 aromatic rings. The Morgan fingerprint density at radius 1 is 1.50 bits per heavy atom. The third-order valence-corrected chi connectivity index (χ3v) is 1.78. The number of hydrogen-bond acceptors (Lipinski definition) is 3. The standard InChI is InChI=1S/C9H12N2O/c1-6(11-2)8-5-7(12)3-4-9(8)10/h3-5,10-12H,1-2H3/b8-6-,10-9?. The van der Waals surface area contributed by atoms with Crippen molar-refractivity contribution in [3.05, 3.63) is 35.3 Å². The quantitative estimate of drug-likeness (QED) is 0.550. The summed E-state index contributed by atoms with van der Waals surface area (Å²) < 4.78 is 0. The van der Waals surface area contributed by atoms with Crippen molar-refractivity contribution in [1.82, 2.24) is 5.32 Å². The molecule has 0 aromatic heterocycles. The summed E-state index contributed by atoms with van der Waals surface area (Å²) in [5.74, 6) is 0.190. The summed E-state index contributed by atoms with van der Waals surface area (Å²) in [6.07, 6.45) is 4.66. The number of nitrogens with one attached hydrogen (secondary N) is 2. The van der Waals surface area contributed by atoms with Crippen LogP contribution in [0.15, 0.2) is 35.3 Å². The second-order valence-corrected chi connectivity index (χ2v) is 2.60. The van der Waals surface area contributed by atoms with Gasteiger partial charge >= 0.3 is 0 Å². The molecular weight excluding hydrogens is 152 g/mol. The second-order valence-electron chi connectivity index (χ2n) is 2.60. The van der Waals surface area contributed by atoms with Crippen molar-refractivity contribution in [2.45, 2.75) is 6.92 Å². The van der Waals surface area contributed by atoms with Crippen LogP contribution in [0, 0.1) is 5.41 Å². The van der Waals surface area contributed by atoms with E-state index in [1.165, 1.54) is 6.08 Å². The lowest BCUT2D eigenvalue weighted by atomic mass is 10.0. The molecule has 0 atom stereocenters. The predicted octanol–water partition coefficient (Wildman–Crippen LogP) is 1.51. The summed E-state index contributed by atoms with van der Waals surface area (Å²) in [6, 6.07) is 0. The number of hydrogen-bond donors (Lipinski definition) is 3. The summed E-state index contributed by atoms with van der Waals surface area (Å²) in [7, 11) is 1.79. The van der Waals surface area contributed by atoms with E-state index in [9.17, 15) is 0 Å². The fraction of sp³-hybridized carbons (Fsp3) is 0.222. The Morgan fingerprint density at radius 3 is 2.75 bits per heavy atom. The van der Waals surface area contributed by atoms with Crippen LogP contribution >= 0.6 is 0 Å². The van der Waals surface area contributed by atoms with Gasteiger partial charge in [0, 0.05) is 18.3 Å². The molecular formula is C9H12N2O. The third-order valence-electron chi connectivity index (χ3n) is 1.78. The van der Waals surface area contributed by atoms with Crippen molar-refractivity contribution < 1.29 is 5.11 Å². The highest BCUT2D eigenvalue weighted by Gasteiger charge is 2.08. The Balaban J connectivity index is 3.07. The van der Waals surface area contributed by atoms with E-state index in [0.717, 1.165) is 11.3 Å². The fourth-order valence-corrected chi connectivity index (χ4v) is 0.977. The van der Waals surface area contributed by atoms with Gasteiger partial charge < -0.3 is 15.8 Å². The van der Waals surface area contributed by atoms with Gasteiger partial charge in [-0.1, -0.05) is 0 Å². The van der Waals surface area contributed by atoms with Gasteiger partial charge in [-0.15, -0.1) is 0 Å². The monoisotopic (exact) mass is 164 g/mol. The highest BCUT2D eigenvalue weighted by molar-refractivity contribution is 6.10. The van der Waals surface area contributed by atoms with Crippen LogP contribution in [-0.4, -0.2) is 17.9 Å². The lowest BCUT2D eigenvalue weighted by molar-refractivity contribution is 0.432. The van der Waals surface area contributed by atoms with Crippen LogP contribution in [0.4, 0.5) is 0 Å². The molecule has 3 nitrogen and oxygen atoms in total. The zero-order valence-electron chi connectivity index (χ0n) is 7.18. The lowest BCUT2D eigenvalue weighted by Gasteiger charge is -2.10. The number of rotatable bonds is 1. The molecule has 0 fully saturated rings. The Morgan fingerprint density at radius 2 is 2.17 bits per heavy atom. The molecule has 0 unspecified atom stereocenters. The largest absolute Gasteiger partial charge is 0.508 e. The molecule has 12 heavy (non-hydrogen) atoms. The van der Waals surface area contributed by atoms with Gasteiger partial charge in [0.05, 0.1) is 5.71 Å². The molecule has 1 rings (SSSR count). The van der Waals surface area contributed by atoms with Crippen LogP contribution in [0.25, 0.3) is 0 Å². The van der Waals surface area contributed by atoms with Crippen molar-refractivity contribution >= 4 is 5.71 Å². The molecule has 0 aromatic carbocycles. The van der Waals surface area contributed by atoms with Gasteiger partial charge in [0.1, 0.15) is 5.76 Å². The van der Waals surface area contributed by atoms with E-state index in [4.69, 9.17) is 10.5 Å². The maximum atomic E-state index is 9.16. The Hall–Kier alpha value is -1.51. The van der Waals surface area contributed by atoms with Gasteiger partial charge in [0.2, 0.25) is 0 Å². The van der Waals surface area contributed by atoms with Crippen LogP contribution in [0.1, 0.15) is 6.92 Å². The van der Waals surface area contributed by atoms with Crippen LogP contribution in [0.2, 0.25) is 0 Å². The minimum Gasteiger partial charge on any atom is -0.508 e. The molecule has 0 radical (unpaired) electrons. The van der Waals surface area contributed by atoms with E-state index in [1.807, 2.05) is 6.92 Å². The first-order valence-corrected chi connectivity index (χ1v) is 3.71. The van der Waals surface area contributed by atoms with Crippen molar-refractivity contribution in [1.29, 1.82) is 5.41 Å². The van der Waals surface area contributed by atoms with Crippen LogP contribution < -0.4 is 5.32 Å². The fourth-order valence-electron chi connectivity index (χ4n) is 0.977. The highest BCUT2D eigenvalue weighted by Crippen LogP contribution is 2.13. The average Bonchev–Trinajstić information content (AvgIpc) is 2.08. The molecule has 0 heterocycles. The van der Waals surface area contributed by atoms with E-state index in [2.05, 4.69) is 5.32 Å². The molecule has 1 aliphatic carbocycles. The first-order chi connectivity index (χ1) is 5.65. The SMILES string of the molecule is CN/C(C)=C1/C=C(O)C=CC1=N. The van der Waals surface area contributed by atoms with Crippen LogP contribution in [0.5, 0.6) is 0 Å². The van der Waals surface area contributed by atoms with Gasteiger partial charge in [0.15, 0.2) is 0 Å². The Kier molecular flexibility index (Phi) is 2.33. The van der Waals surface area contributed by atoms with Crippen LogP contribution in [-0.2, 0) is 0 Å². The summed E-state index contributed by atoms with van der Waals surface area (Å²) in [5, 5.41) is 19.6. The molecule has 64 valence electrons. The molecule has 0 spiro atoms. The number of allylic oxidation sites excluding steroid dienone is 5. The van der Waals surface area contributed by atoms with E-state index in [1.54, 1.807) is 19.2 Å². The van der Waals surface area contributed by atoms with E-state index >= 15 is 0 Å². The van der Waals surface area contributed by atoms with Crippen molar-refractivity contribution in [3.63, 3.8) is 0 Å². The zero-order valence-corrected chi connectivity index (χ0v) is 7.18. The molecule has 0 saturated heterocycles. The molecule has 0 amide bonds. The van der Waals surface area contributed by atoms with Gasteiger partial charge in [-0.05, 0) is 25.2 Å². The smallest absolute Gasteiger partial charge is 0.116 e. The first-order valence-electron chi connectivity index (χ1n) is 3.71. The average molecular weight is 164 g/mol. The number of aliphatic hydroxyl groups is 1. The van der Waals surface area contributed by atoms with Gasteiger partial charge in [0.25, 0.3) is 0 Å². The van der Waals surface area contributed by atoms with E-state index < -0.39 is 0 Å². The summed E-state index contributed by atoms with van der Waals surface area (Å²) in [6.45, 7) is 1.87. The minimum atomic E-state index is 0.190. The van der Waals surface area contributed by atoms with Crippen molar-refractivity contribution in [2.75, 3.05) is 7.05 Å². The predicted molar refractivity (Wildman–Crippen MR) is 49.3 cm³/mol. The van der Waals surface area contributed by atoms with Crippen molar-refractivity contribution in [3.8, 4) is 0 Å². The zero-order chi connectivity index (χ0) is 9.14. The summed E-state index contributed by atoms with van der Waals surface area (Å²) in [5.41, 5.74) is 2.04. The Bertz CT molecular complexity index is 298. The van der Waals surface area contributed by atoms with Gasteiger partial charge in [-0.3, -0.25) is 0 Å². The summed E-state index contributed by atoms with van der Waals surface area (Å²) >= 11 is 0. The molecule has 0 saturated carbocycles. The normalized spacial score (nSPS) is 20.5. The van der Waals surface area contributed by atoms with Gasteiger partial charge in [-0.2, -0.15) is 0 Å². The second kappa shape index (κ2) is 3.26. The maximum absolute atomic E-state index is 9.16. The summed E-state index contributed by atoms with van der Waals surface area (Å²) in [4.78, 5) is 0. The maximum Gasteiger partial charge on any atom is 0.116 e. The topological polar surface area (TPSA) is 56.1 Å². The lowest BCUT2D eigenvalue weighted by Crippen LogP contribution is -2.11. The number of aliphatic hydroxyl groups excluding tert-OH is 1. The molecule has 1 aliphatic rings. The molecule has 0 aliphatic heterocycles. The highest BCUT2D eigenvalue weighted by atomic mass is 16.3. The molecule has 3 N–H and O–H groups in total. The Labute approximate surface area is 71.6 Å². The molecule has 3 heteroatoms. The first kappa shape index (κ1) is 8.59. The molecule has 0 bridgehead atoms. The minimum absolute atomic E-state index is 0.190. The van der Waals surface area contributed by atoms with Gasteiger partial charge in [-0.25, -0.2) is 0 Å².